The Morgan fingerprint density at radius 2 is 1.85 bits per heavy atom. The molecular weight excluding hydrogens is 453 g/mol. The lowest BCUT2D eigenvalue weighted by molar-refractivity contribution is -0.137. The molecule has 3 atom stereocenters. The van der Waals surface area contributed by atoms with Gasteiger partial charge in [0, 0.05) is 36.2 Å². The van der Waals surface area contributed by atoms with Crippen molar-refractivity contribution in [2.24, 2.45) is 5.92 Å². The fraction of sp³-hybridized carbons (Fsp3) is 0.333. The Bertz CT molecular complexity index is 1190. The van der Waals surface area contributed by atoms with Crippen LogP contribution in [-0.2, 0) is 12.6 Å². The number of rotatable bonds is 4. The fourth-order valence-electron chi connectivity index (χ4n) is 5.11. The monoisotopic (exact) mass is 472 g/mol. The molecule has 33 heavy (non-hydrogen) atoms. The molecule has 3 aromatic rings. The zero-order valence-electron chi connectivity index (χ0n) is 17.5. The highest BCUT2D eigenvalue weighted by molar-refractivity contribution is 6.31. The second kappa shape index (κ2) is 8.41. The van der Waals surface area contributed by atoms with Gasteiger partial charge in [0.15, 0.2) is 5.82 Å². The molecule has 1 aromatic carbocycles. The molecule has 0 spiro atoms. The van der Waals surface area contributed by atoms with E-state index >= 15 is 0 Å². The van der Waals surface area contributed by atoms with Gasteiger partial charge in [-0.25, -0.2) is 9.97 Å². The van der Waals surface area contributed by atoms with E-state index in [0.717, 1.165) is 31.5 Å². The molecule has 9 heteroatoms. The maximum atomic E-state index is 13.6. The summed E-state index contributed by atoms with van der Waals surface area (Å²) in [4.78, 5) is 28.1. The molecule has 1 amide bonds. The van der Waals surface area contributed by atoms with Gasteiger partial charge >= 0.3 is 6.18 Å². The van der Waals surface area contributed by atoms with Crippen LogP contribution in [0.25, 0.3) is 11.4 Å². The Hall–Kier alpha value is -3.00. The number of carbonyl (C=O) groups is 1. The van der Waals surface area contributed by atoms with Crippen molar-refractivity contribution in [3.05, 3.63) is 76.8 Å². The smallest absolute Gasteiger partial charge is 0.332 e. The first kappa shape index (κ1) is 21.8. The van der Waals surface area contributed by atoms with Crippen LogP contribution in [0.5, 0.6) is 0 Å². The first-order chi connectivity index (χ1) is 15.8. The van der Waals surface area contributed by atoms with Crippen molar-refractivity contribution in [2.75, 3.05) is 0 Å². The Labute approximate surface area is 193 Å². The molecule has 5 nitrogen and oxygen atoms in total. The van der Waals surface area contributed by atoms with E-state index in [9.17, 15) is 18.0 Å². The van der Waals surface area contributed by atoms with Crippen LogP contribution in [0, 0.1) is 5.92 Å². The number of benzene rings is 1. The minimum absolute atomic E-state index is 0.00703. The van der Waals surface area contributed by atoms with Crippen LogP contribution in [0.3, 0.4) is 0 Å². The number of halogens is 4. The van der Waals surface area contributed by atoms with E-state index in [1.165, 1.54) is 0 Å². The molecule has 2 saturated heterocycles. The topological polar surface area (TPSA) is 59.0 Å². The highest BCUT2D eigenvalue weighted by Gasteiger charge is 2.49. The molecule has 4 heterocycles. The molecule has 0 aliphatic carbocycles. The third-order valence-electron chi connectivity index (χ3n) is 6.56. The Kier molecular flexibility index (Phi) is 5.56. The van der Waals surface area contributed by atoms with Crippen molar-refractivity contribution < 1.29 is 18.0 Å². The van der Waals surface area contributed by atoms with Crippen molar-refractivity contribution in [2.45, 2.75) is 43.9 Å². The van der Waals surface area contributed by atoms with Gasteiger partial charge < -0.3 is 4.90 Å². The van der Waals surface area contributed by atoms with E-state index < -0.39 is 11.7 Å². The summed E-state index contributed by atoms with van der Waals surface area (Å²) in [5.41, 5.74) is 0.804. The molecule has 5 rings (SSSR count). The molecule has 0 radical (unpaired) electrons. The quantitative estimate of drug-likeness (QED) is 0.507. The van der Waals surface area contributed by atoms with Gasteiger partial charge in [0.25, 0.3) is 5.91 Å². The number of fused-ring (bicyclic) bond motifs is 2. The zero-order chi connectivity index (χ0) is 23.2. The third kappa shape index (κ3) is 4.08. The number of pyridine rings is 1. The van der Waals surface area contributed by atoms with E-state index in [-0.39, 0.29) is 28.9 Å². The van der Waals surface area contributed by atoms with Gasteiger partial charge in [-0.1, -0.05) is 29.8 Å². The highest BCUT2D eigenvalue weighted by Crippen LogP contribution is 2.45. The van der Waals surface area contributed by atoms with Crippen molar-refractivity contribution >= 4 is 17.5 Å². The highest BCUT2D eigenvalue weighted by atomic mass is 35.5. The standard InChI is InChI=1S/C24H20ClF3N4O/c25-19-12-15(24(26,27)28)13-31-20(19)11-14-10-16-6-7-21(14)32(16)23(33)18-5-2-1-4-17(18)22-29-8-3-9-30-22/h1-5,8-9,12-14,16,21H,6-7,10-11H2. The van der Waals surface area contributed by atoms with E-state index in [4.69, 9.17) is 11.6 Å². The number of alkyl halides is 3. The SMILES string of the molecule is O=C(c1ccccc1-c1ncccn1)N1C2CCC1C(Cc1ncc(C(F)(F)F)cc1Cl)C2. The molecule has 0 N–H and O–H groups in total. The van der Waals surface area contributed by atoms with E-state index in [2.05, 4.69) is 15.0 Å². The van der Waals surface area contributed by atoms with Gasteiger partial charge in [-0.15, -0.1) is 0 Å². The Morgan fingerprint density at radius 1 is 1.09 bits per heavy atom. The van der Waals surface area contributed by atoms with Crippen LogP contribution in [0.4, 0.5) is 13.2 Å². The Balaban J connectivity index is 1.38. The lowest BCUT2D eigenvalue weighted by Crippen LogP contribution is -2.37. The number of amides is 1. The van der Waals surface area contributed by atoms with Crippen molar-refractivity contribution in [3.63, 3.8) is 0 Å². The van der Waals surface area contributed by atoms with Gasteiger partial charge in [-0.2, -0.15) is 13.2 Å². The molecular formula is C24H20ClF3N4O. The maximum Gasteiger partial charge on any atom is 0.417 e. The predicted octanol–water partition coefficient (Wildman–Crippen LogP) is 5.45. The number of aromatic nitrogens is 3. The summed E-state index contributed by atoms with van der Waals surface area (Å²) in [5.74, 6) is 0.513. The number of hydrogen-bond donors (Lipinski definition) is 0. The molecule has 2 aromatic heterocycles. The second-order valence-electron chi connectivity index (χ2n) is 8.48. The first-order valence-corrected chi connectivity index (χ1v) is 11.1. The van der Waals surface area contributed by atoms with Crippen LogP contribution in [-0.4, -0.2) is 37.8 Å². The lowest BCUT2D eigenvalue weighted by atomic mass is 9.86. The summed E-state index contributed by atoms with van der Waals surface area (Å²) >= 11 is 6.14. The van der Waals surface area contributed by atoms with Gasteiger partial charge in [-0.05, 0) is 49.8 Å². The average Bonchev–Trinajstić information content (AvgIpc) is 3.37. The molecule has 0 saturated carbocycles. The summed E-state index contributed by atoms with van der Waals surface area (Å²) in [6.45, 7) is 0. The number of hydrogen-bond acceptors (Lipinski definition) is 4. The maximum absolute atomic E-state index is 13.6. The predicted molar refractivity (Wildman–Crippen MR) is 117 cm³/mol. The summed E-state index contributed by atoms with van der Waals surface area (Å²) in [5, 5.41) is 0.0112. The van der Waals surface area contributed by atoms with Crippen molar-refractivity contribution in [3.8, 4) is 11.4 Å². The first-order valence-electron chi connectivity index (χ1n) is 10.7. The van der Waals surface area contributed by atoms with Crippen LogP contribution in [0.15, 0.2) is 55.0 Å². The summed E-state index contributed by atoms with van der Waals surface area (Å²) in [6, 6.07) is 10.0. The van der Waals surface area contributed by atoms with Crippen LogP contribution in [0.1, 0.15) is 40.9 Å². The summed E-state index contributed by atoms with van der Waals surface area (Å²) < 4.78 is 38.8. The molecule has 2 fully saturated rings. The molecule has 2 aliphatic heterocycles. The molecule has 170 valence electrons. The molecule has 3 unspecified atom stereocenters. The van der Waals surface area contributed by atoms with E-state index in [1.54, 1.807) is 24.5 Å². The van der Waals surface area contributed by atoms with Crippen molar-refractivity contribution in [1.82, 2.24) is 19.9 Å². The van der Waals surface area contributed by atoms with Crippen LogP contribution >= 0.6 is 11.6 Å². The summed E-state index contributed by atoms with van der Waals surface area (Å²) in [6.07, 6.45) is 2.59. The van der Waals surface area contributed by atoms with Crippen LogP contribution < -0.4 is 0 Å². The van der Waals surface area contributed by atoms with Crippen molar-refractivity contribution in [1.29, 1.82) is 0 Å². The second-order valence-corrected chi connectivity index (χ2v) is 8.89. The normalized spacial score (nSPS) is 22.1. The van der Waals surface area contributed by atoms with Gasteiger partial charge in [0.05, 0.1) is 21.8 Å². The molecule has 2 aliphatic rings. The minimum atomic E-state index is -4.49. The third-order valence-corrected chi connectivity index (χ3v) is 6.89. The van der Waals surface area contributed by atoms with Gasteiger partial charge in [-0.3, -0.25) is 9.78 Å². The molecule has 2 bridgehead atoms. The zero-order valence-corrected chi connectivity index (χ0v) is 18.2. The minimum Gasteiger partial charge on any atom is -0.332 e. The van der Waals surface area contributed by atoms with E-state index in [0.29, 0.717) is 29.1 Å². The fourth-order valence-corrected chi connectivity index (χ4v) is 5.35. The Morgan fingerprint density at radius 3 is 2.58 bits per heavy atom. The number of carbonyl (C=O) groups excluding carboxylic acids is 1. The number of nitrogens with zero attached hydrogens (tertiary/aromatic N) is 4. The average molecular weight is 473 g/mol. The summed E-state index contributed by atoms with van der Waals surface area (Å²) in [7, 11) is 0. The van der Waals surface area contributed by atoms with E-state index in [1.807, 2.05) is 23.1 Å². The van der Waals surface area contributed by atoms with Gasteiger partial charge in [0.1, 0.15) is 0 Å². The van der Waals surface area contributed by atoms with Crippen LogP contribution in [0.2, 0.25) is 5.02 Å². The van der Waals surface area contributed by atoms with Gasteiger partial charge in [0.2, 0.25) is 0 Å². The largest absolute Gasteiger partial charge is 0.417 e. The lowest BCUT2D eigenvalue weighted by Gasteiger charge is -2.25.